The molecule has 3 aliphatic rings. The highest BCUT2D eigenvalue weighted by Crippen LogP contribution is 2.48. The maximum atomic E-state index is 14.3. The van der Waals surface area contributed by atoms with Crippen LogP contribution in [0.3, 0.4) is 0 Å². The largest absolute Gasteiger partial charge is 0.468 e. The van der Waals surface area contributed by atoms with E-state index in [0.29, 0.717) is 23.3 Å². The summed E-state index contributed by atoms with van der Waals surface area (Å²) in [7, 11) is 1.31. The number of H-pyrrole nitrogens is 3. The number of rotatable bonds is 11. The number of Topliss-reactive ketones (excluding diaryl/α,β-unsaturated/α-hetero) is 1. The van der Waals surface area contributed by atoms with Gasteiger partial charge in [0.25, 0.3) is 0 Å². The van der Waals surface area contributed by atoms with Crippen LogP contribution in [0.5, 0.6) is 0 Å². The first kappa shape index (κ1) is 36.7. The van der Waals surface area contributed by atoms with Gasteiger partial charge in [0, 0.05) is 74.1 Å². The number of carbonyl (C=O) groups excluding carboxylic acids is 3. The van der Waals surface area contributed by atoms with Crippen LogP contribution in [0.25, 0.3) is 29.9 Å². The third-order valence-corrected chi connectivity index (χ3v) is 11.3. The Morgan fingerprint density at radius 3 is 2.37 bits per heavy atom. The number of ketones is 1. The lowest BCUT2D eigenvalue weighted by Gasteiger charge is -2.19. The third kappa shape index (κ3) is 6.46. The third-order valence-electron chi connectivity index (χ3n) is 11.3. The topological polar surface area (TPSA) is 129 Å². The van der Waals surface area contributed by atoms with E-state index in [-0.39, 0.29) is 36.6 Å². The molecule has 9 nitrogen and oxygen atoms in total. The average Bonchev–Trinajstić information content (AvgIpc) is 3.86. The molecule has 6 rings (SSSR count). The van der Waals surface area contributed by atoms with Gasteiger partial charge in [-0.1, -0.05) is 45.4 Å². The molecular formula is C43H52N4O5. The normalized spacial score (nSPS) is 22.9. The van der Waals surface area contributed by atoms with Crippen LogP contribution in [0.4, 0.5) is 0 Å². The van der Waals surface area contributed by atoms with E-state index in [0.717, 1.165) is 87.1 Å². The van der Waals surface area contributed by atoms with Gasteiger partial charge >= 0.3 is 11.9 Å². The smallest absolute Gasteiger partial charge is 0.321 e. The van der Waals surface area contributed by atoms with Crippen molar-refractivity contribution in [2.75, 3.05) is 13.7 Å². The summed E-state index contributed by atoms with van der Waals surface area (Å²) in [5, 5.41) is 5.62. The number of unbranched alkanes of at least 4 members (excludes halogenated alkanes) is 1. The van der Waals surface area contributed by atoms with Crippen LogP contribution in [0.15, 0.2) is 29.6 Å². The van der Waals surface area contributed by atoms with E-state index in [4.69, 9.17) is 9.47 Å². The van der Waals surface area contributed by atoms with E-state index in [2.05, 4.69) is 86.6 Å². The molecule has 52 heavy (non-hydrogen) atoms. The lowest BCUT2D eigenvalue weighted by atomic mass is 9.85. The SMILES string of the molecule is C=Cc1c2[nH]c(c1C)/C=C1\N/C(=C3\c4[nH]c(c(C)c4C(=O)[C@@H]3C(=O)OC)/C=c3\[nH]/c(c(C)c3CC)=C\2)[C@@H](CCC(=O)OC/C=C(/C)CCCC)[C@@H]1C. The molecule has 3 aromatic rings. The quantitative estimate of drug-likeness (QED) is 0.0985. The summed E-state index contributed by atoms with van der Waals surface area (Å²) in [6.07, 6.45) is 14.8. The second kappa shape index (κ2) is 14.9. The van der Waals surface area contributed by atoms with Gasteiger partial charge in [-0.3, -0.25) is 14.4 Å². The van der Waals surface area contributed by atoms with Crippen molar-refractivity contribution in [3.8, 4) is 0 Å². The van der Waals surface area contributed by atoms with E-state index in [1.165, 1.54) is 18.2 Å². The van der Waals surface area contributed by atoms with E-state index in [9.17, 15) is 14.4 Å². The fourth-order valence-electron chi connectivity index (χ4n) is 8.18. The molecule has 0 unspecified atom stereocenters. The van der Waals surface area contributed by atoms with Crippen molar-refractivity contribution in [2.24, 2.45) is 17.8 Å². The molecule has 2 aliphatic heterocycles. The zero-order chi connectivity index (χ0) is 37.4. The van der Waals surface area contributed by atoms with E-state index in [1.807, 2.05) is 19.1 Å². The van der Waals surface area contributed by atoms with E-state index < -0.39 is 11.9 Å². The van der Waals surface area contributed by atoms with Gasteiger partial charge in [-0.25, -0.2) is 0 Å². The Hall–Kier alpha value is -5.05. The summed E-state index contributed by atoms with van der Waals surface area (Å²) in [5.41, 5.74) is 12.4. The Morgan fingerprint density at radius 1 is 0.942 bits per heavy atom. The number of hydrogen-bond donors (Lipinski definition) is 4. The first-order valence-corrected chi connectivity index (χ1v) is 18.6. The Bertz CT molecular complexity index is 2180. The number of fused-ring (bicyclic) bond motifs is 7. The summed E-state index contributed by atoms with van der Waals surface area (Å²) >= 11 is 0. The minimum atomic E-state index is -1.14. The summed E-state index contributed by atoms with van der Waals surface area (Å²) < 4.78 is 10.9. The van der Waals surface area contributed by atoms with Gasteiger partial charge in [0.05, 0.1) is 12.8 Å². The molecule has 1 saturated heterocycles. The van der Waals surface area contributed by atoms with Crippen molar-refractivity contribution in [2.45, 2.75) is 87.0 Å². The molecular weight excluding hydrogens is 652 g/mol. The minimum absolute atomic E-state index is 0.0797. The van der Waals surface area contributed by atoms with E-state index in [1.54, 1.807) is 0 Å². The van der Waals surface area contributed by atoms with Gasteiger partial charge in [0.15, 0.2) is 5.78 Å². The van der Waals surface area contributed by atoms with Crippen molar-refractivity contribution in [3.05, 3.63) is 96.5 Å². The van der Waals surface area contributed by atoms with Gasteiger partial charge in [-0.05, 0) is 99.9 Å². The zero-order valence-electron chi connectivity index (χ0n) is 31.8. The van der Waals surface area contributed by atoms with Crippen molar-refractivity contribution in [3.63, 3.8) is 0 Å². The number of hydrogen-bond acceptors (Lipinski definition) is 6. The monoisotopic (exact) mass is 704 g/mol. The van der Waals surface area contributed by atoms with Crippen LogP contribution in [0, 0.1) is 38.5 Å². The molecule has 0 aromatic carbocycles. The molecule has 8 bridgehead atoms. The first-order valence-electron chi connectivity index (χ1n) is 18.6. The van der Waals surface area contributed by atoms with Gasteiger partial charge in [-0.2, -0.15) is 0 Å². The number of aromatic nitrogens is 3. The number of allylic oxidation sites excluding steroid dienone is 3. The lowest BCUT2D eigenvalue weighted by Crippen LogP contribution is -2.25. The Balaban J connectivity index is 1.53. The minimum Gasteiger partial charge on any atom is -0.468 e. The summed E-state index contributed by atoms with van der Waals surface area (Å²) in [6.45, 7) is 19.0. The van der Waals surface area contributed by atoms with Crippen LogP contribution in [-0.4, -0.2) is 46.4 Å². The molecule has 5 heterocycles. The highest BCUT2D eigenvalue weighted by atomic mass is 16.5. The highest BCUT2D eigenvalue weighted by Gasteiger charge is 2.48. The fourth-order valence-corrected chi connectivity index (χ4v) is 8.18. The second-order valence-electron chi connectivity index (χ2n) is 14.5. The van der Waals surface area contributed by atoms with Gasteiger partial charge in [0.2, 0.25) is 0 Å². The standard InChI is InChI=1S/C43H52N4O5/c1-10-13-14-22(4)17-18-52-36(48)16-15-29-25(7)32-19-30-23(5)27(11-2)34(44-30)20-31-24(6)28(12-3)35(45-31)21-33-26(8)37-41(47-33)38(40(29)46-32)39(42(37)49)43(50)51-9/h11,17,19-21,25,29,39,44-47H,2,10,12-16,18H2,1,3-9H3/b22-17-,31-20-,32-19-,35-21-,40-38-/t25-,29-,39+/m0/s1. The van der Waals surface area contributed by atoms with Crippen LogP contribution >= 0.6 is 0 Å². The predicted octanol–water partition coefficient (Wildman–Crippen LogP) is 6.83. The van der Waals surface area contributed by atoms with Crippen LogP contribution in [-0.2, 0) is 25.5 Å². The number of nitrogens with one attached hydrogen (secondary N) is 4. The van der Waals surface area contributed by atoms with Crippen LogP contribution in [0.1, 0.15) is 121 Å². The first-order chi connectivity index (χ1) is 24.9. The maximum absolute atomic E-state index is 14.3. The van der Waals surface area contributed by atoms with Gasteiger partial charge in [-0.15, -0.1) is 0 Å². The number of esters is 2. The molecule has 0 saturated carbocycles. The van der Waals surface area contributed by atoms with Gasteiger partial charge in [0.1, 0.15) is 12.5 Å². The maximum Gasteiger partial charge on any atom is 0.321 e. The Morgan fingerprint density at radius 2 is 1.67 bits per heavy atom. The van der Waals surface area contributed by atoms with Crippen molar-refractivity contribution < 1.29 is 23.9 Å². The Kier molecular flexibility index (Phi) is 10.5. The molecule has 3 aromatic heterocycles. The summed E-state index contributed by atoms with van der Waals surface area (Å²) in [5.74, 6) is -2.61. The molecule has 1 fully saturated rings. The van der Waals surface area contributed by atoms with Crippen molar-refractivity contribution >= 4 is 47.6 Å². The summed E-state index contributed by atoms with van der Waals surface area (Å²) in [4.78, 5) is 51.7. The molecule has 3 atom stereocenters. The number of aromatic amines is 3. The second-order valence-corrected chi connectivity index (χ2v) is 14.5. The molecule has 4 N–H and O–H groups in total. The van der Waals surface area contributed by atoms with E-state index >= 15 is 0 Å². The fraction of sp³-hybridized carbons (Fsp3) is 0.419. The number of methoxy groups -OCH3 is 1. The van der Waals surface area contributed by atoms with Gasteiger partial charge < -0.3 is 29.7 Å². The summed E-state index contributed by atoms with van der Waals surface area (Å²) in [6, 6.07) is 0. The molecule has 9 heteroatoms. The molecule has 1 aliphatic carbocycles. The predicted molar refractivity (Wildman–Crippen MR) is 206 cm³/mol. The lowest BCUT2D eigenvalue weighted by molar-refractivity contribution is -0.143. The molecule has 274 valence electrons. The van der Waals surface area contributed by atoms with Crippen molar-refractivity contribution in [1.29, 1.82) is 0 Å². The molecule has 0 amide bonds. The molecule has 0 spiro atoms. The van der Waals surface area contributed by atoms with Crippen LogP contribution in [0.2, 0.25) is 0 Å². The average molecular weight is 705 g/mol. The Labute approximate surface area is 306 Å². The number of carbonyl (C=O) groups is 3. The zero-order valence-corrected chi connectivity index (χ0v) is 31.8. The number of ether oxygens (including phenoxy) is 2. The van der Waals surface area contributed by atoms with Crippen LogP contribution < -0.4 is 16.0 Å². The highest BCUT2D eigenvalue weighted by molar-refractivity contribution is 6.24. The van der Waals surface area contributed by atoms with Crippen molar-refractivity contribution in [1.82, 2.24) is 20.3 Å². The molecule has 0 radical (unpaired) electrons.